The Bertz CT molecular complexity index is 411. The van der Waals surface area contributed by atoms with Gasteiger partial charge in [0.05, 0.1) is 5.54 Å². The molecule has 1 atom stereocenters. The van der Waals surface area contributed by atoms with E-state index in [1.165, 1.54) is 24.3 Å². The Kier molecular flexibility index (Phi) is 4.18. The minimum Gasteiger partial charge on any atom is -0.297 e. The topological polar surface area (TPSA) is 20.3 Å². The first-order valence-corrected chi connectivity index (χ1v) is 5.50. The van der Waals surface area contributed by atoms with Crippen LogP contribution in [-0.4, -0.2) is 30.3 Å². The third-order valence-electron chi connectivity index (χ3n) is 3.12. The first-order chi connectivity index (χ1) is 7.91. The van der Waals surface area contributed by atoms with Crippen molar-refractivity contribution in [1.82, 2.24) is 4.90 Å². The Morgan fingerprint density at radius 3 is 2.35 bits per heavy atom. The Hall–Kier alpha value is -1.48. The van der Waals surface area contributed by atoms with E-state index in [0.29, 0.717) is 12.0 Å². The van der Waals surface area contributed by atoms with Gasteiger partial charge in [0.2, 0.25) is 0 Å². The van der Waals surface area contributed by atoms with Crippen LogP contribution in [0.25, 0.3) is 0 Å². The summed E-state index contributed by atoms with van der Waals surface area (Å²) >= 11 is 0. The molecule has 0 fully saturated rings. The number of carbonyl (C=O) groups is 1. The van der Waals surface area contributed by atoms with E-state index in [0.717, 1.165) is 0 Å². The Labute approximate surface area is 102 Å². The number of ketones is 1. The van der Waals surface area contributed by atoms with E-state index in [1.807, 2.05) is 25.9 Å². The van der Waals surface area contributed by atoms with E-state index < -0.39 is 5.54 Å². The van der Waals surface area contributed by atoms with Crippen molar-refractivity contribution in [1.29, 1.82) is 0 Å². The van der Waals surface area contributed by atoms with Crippen LogP contribution in [0.3, 0.4) is 0 Å². The van der Waals surface area contributed by atoms with Crippen molar-refractivity contribution in [3.63, 3.8) is 0 Å². The molecule has 0 bridgehead atoms. The molecule has 1 aromatic rings. The molecule has 0 saturated heterocycles. The van der Waals surface area contributed by atoms with Crippen molar-refractivity contribution in [2.45, 2.75) is 18.9 Å². The summed E-state index contributed by atoms with van der Waals surface area (Å²) in [7, 11) is 3.70. The van der Waals surface area contributed by atoms with Gasteiger partial charge in [-0.15, -0.1) is 6.58 Å². The second-order valence-electron chi connectivity index (χ2n) is 4.50. The number of benzene rings is 1. The van der Waals surface area contributed by atoms with Crippen LogP contribution in [0.5, 0.6) is 0 Å². The molecule has 0 aliphatic carbocycles. The molecule has 0 radical (unpaired) electrons. The average molecular weight is 235 g/mol. The van der Waals surface area contributed by atoms with Crippen LogP contribution in [-0.2, 0) is 0 Å². The van der Waals surface area contributed by atoms with Gasteiger partial charge in [-0.2, -0.15) is 0 Å². The first-order valence-electron chi connectivity index (χ1n) is 5.50. The number of rotatable bonds is 5. The molecule has 0 spiro atoms. The molecule has 3 heteroatoms. The highest BCUT2D eigenvalue weighted by molar-refractivity contribution is 6.03. The lowest BCUT2D eigenvalue weighted by molar-refractivity contribution is 0.0725. The molecule has 1 rings (SSSR count). The third kappa shape index (κ3) is 2.80. The zero-order valence-corrected chi connectivity index (χ0v) is 10.5. The van der Waals surface area contributed by atoms with Gasteiger partial charge in [0, 0.05) is 5.56 Å². The second-order valence-corrected chi connectivity index (χ2v) is 4.50. The van der Waals surface area contributed by atoms with E-state index in [4.69, 9.17) is 0 Å². The van der Waals surface area contributed by atoms with Crippen LogP contribution in [0.4, 0.5) is 4.39 Å². The summed E-state index contributed by atoms with van der Waals surface area (Å²) in [4.78, 5) is 14.3. The van der Waals surface area contributed by atoms with E-state index in [-0.39, 0.29) is 11.6 Å². The highest BCUT2D eigenvalue weighted by Gasteiger charge is 2.34. The maximum Gasteiger partial charge on any atom is 0.183 e. The van der Waals surface area contributed by atoms with Gasteiger partial charge in [-0.3, -0.25) is 9.69 Å². The van der Waals surface area contributed by atoms with Crippen LogP contribution in [0, 0.1) is 5.82 Å². The zero-order valence-electron chi connectivity index (χ0n) is 10.5. The van der Waals surface area contributed by atoms with E-state index >= 15 is 0 Å². The van der Waals surface area contributed by atoms with Crippen molar-refractivity contribution in [3.05, 3.63) is 48.3 Å². The average Bonchev–Trinajstić information content (AvgIpc) is 2.29. The number of Topliss-reactive ketones (excluding diaryl/α,β-unsaturated/α-hetero) is 1. The van der Waals surface area contributed by atoms with Crippen LogP contribution < -0.4 is 0 Å². The molecule has 17 heavy (non-hydrogen) atoms. The molecule has 1 unspecified atom stereocenters. The quantitative estimate of drug-likeness (QED) is 0.577. The molecule has 0 aliphatic rings. The molecule has 2 nitrogen and oxygen atoms in total. The number of nitrogens with zero attached hydrogens (tertiary/aromatic N) is 1. The van der Waals surface area contributed by atoms with Crippen molar-refractivity contribution < 1.29 is 9.18 Å². The normalized spacial score (nSPS) is 14.4. The Balaban J connectivity index is 3.08. The molecule has 0 N–H and O–H groups in total. The largest absolute Gasteiger partial charge is 0.297 e. The van der Waals surface area contributed by atoms with Gasteiger partial charge in [-0.05, 0) is 51.7 Å². The third-order valence-corrected chi connectivity index (χ3v) is 3.12. The second kappa shape index (κ2) is 5.23. The van der Waals surface area contributed by atoms with Crippen molar-refractivity contribution in [3.8, 4) is 0 Å². The molecule has 1 aromatic carbocycles. The maximum atomic E-state index is 12.8. The van der Waals surface area contributed by atoms with Crippen LogP contribution in [0.1, 0.15) is 23.7 Å². The minimum atomic E-state index is -0.639. The summed E-state index contributed by atoms with van der Waals surface area (Å²) in [6, 6.07) is 5.64. The van der Waals surface area contributed by atoms with Gasteiger partial charge in [-0.25, -0.2) is 4.39 Å². The predicted molar refractivity (Wildman–Crippen MR) is 67.6 cm³/mol. The summed E-state index contributed by atoms with van der Waals surface area (Å²) in [5, 5.41) is 0. The summed E-state index contributed by atoms with van der Waals surface area (Å²) in [6.45, 7) is 5.54. The molecule has 92 valence electrons. The van der Waals surface area contributed by atoms with Gasteiger partial charge in [0.25, 0.3) is 0 Å². The zero-order chi connectivity index (χ0) is 13.1. The van der Waals surface area contributed by atoms with Crippen molar-refractivity contribution in [2.24, 2.45) is 0 Å². The number of carbonyl (C=O) groups excluding carboxylic acids is 1. The van der Waals surface area contributed by atoms with E-state index in [1.54, 1.807) is 6.08 Å². The Morgan fingerprint density at radius 2 is 1.94 bits per heavy atom. The number of hydrogen-bond acceptors (Lipinski definition) is 2. The Morgan fingerprint density at radius 1 is 1.41 bits per heavy atom. The predicted octanol–water partition coefficient (Wildman–Crippen LogP) is 2.90. The summed E-state index contributed by atoms with van der Waals surface area (Å²) in [5.74, 6) is -0.362. The highest BCUT2D eigenvalue weighted by Crippen LogP contribution is 2.23. The lowest BCUT2D eigenvalue weighted by Crippen LogP contribution is -2.48. The molecule has 0 aliphatic heterocycles. The fraction of sp³-hybridized carbons (Fsp3) is 0.357. The van der Waals surface area contributed by atoms with Crippen LogP contribution in [0.15, 0.2) is 36.9 Å². The molecular weight excluding hydrogens is 217 g/mol. The minimum absolute atomic E-state index is 0.0256. The summed E-state index contributed by atoms with van der Waals surface area (Å²) in [5.41, 5.74) is -0.121. The van der Waals surface area contributed by atoms with Gasteiger partial charge in [0.1, 0.15) is 5.82 Å². The van der Waals surface area contributed by atoms with Crippen molar-refractivity contribution in [2.75, 3.05) is 14.1 Å². The van der Waals surface area contributed by atoms with E-state index in [9.17, 15) is 9.18 Å². The van der Waals surface area contributed by atoms with Crippen molar-refractivity contribution >= 4 is 5.78 Å². The van der Waals surface area contributed by atoms with Gasteiger partial charge >= 0.3 is 0 Å². The van der Waals surface area contributed by atoms with Gasteiger partial charge in [-0.1, -0.05) is 6.08 Å². The lowest BCUT2D eigenvalue weighted by Gasteiger charge is -2.34. The number of hydrogen-bond donors (Lipinski definition) is 0. The molecule has 0 amide bonds. The van der Waals surface area contributed by atoms with Crippen LogP contribution in [0.2, 0.25) is 0 Å². The summed E-state index contributed by atoms with van der Waals surface area (Å²) < 4.78 is 12.8. The standard InChI is InChI=1S/C14H18FNO/c1-5-10-14(2,16(3)4)13(17)11-6-8-12(15)9-7-11/h5-9H,1,10H2,2-4H3. The smallest absolute Gasteiger partial charge is 0.183 e. The lowest BCUT2D eigenvalue weighted by atomic mass is 9.87. The monoisotopic (exact) mass is 235 g/mol. The molecule has 0 heterocycles. The number of halogens is 1. The van der Waals surface area contributed by atoms with Gasteiger partial charge < -0.3 is 0 Å². The van der Waals surface area contributed by atoms with Gasteiger partial charge in [0.15, 0.2) is 5.78 Å². The van der Waals surface area contributed by atoms with Crippen LogP contribution >= 0.6 is 0 Å². The summed E-state index contributed by atoms with van der Waals surface area (Å²) in [6.07, 6.45) is 2.28. The molecule has 0 aromatic heterocycles. The first kappa shape index (κ1) is 13.6. The maximum absolute atomic E-state index is 12.8. The SMILES string of the molecule is C=CCC(C)(C(=O)c1ccc(F)cc1)N(C)C. The number of likely N-dealkylation sites (N-methyl/N-ethyl adjacent to an activating group) is 1. The fourth-order valence-corrected chi connectivity index (χ4v) is 1.67. The molecular formula is C14H18FNO. The molecule has 0 saturated carbocycles. The highest BCUT2D eigenvalue weighted by atomic mass is 19.1. The fourth-order valence-electron chi connectivity index (χ4n) is 1.67. The van der Waals surface area contributed by atoms with E-state index in [2.05, 4.69) is 6.58 Å².